The highest BCUT2D eigenvalue weighted by Crippen LogP contribution is 2.05. The molecular formula is C14H19BO5. The second-order valence-electron chi connectivity index (χ2n) is 4.37. The van der Waals surface area contributed by atoms with E-state index in [4.69, 9.17) is 22.1 Å². The van der Waals surface area contributed by atoms with Gasteiger partial charge in [0.05, 0.1) is 24.3 Å². The lowest BCUT2D eigenvalue weighted by Crippen LogP contribution is -2.37. The number of hydrogen-bond donors (Lipinski definition) is 1. The molecule has 0 aliphatic heterocycles. The van der Waals surface area contributed by atoms with E-state index in [1.54, 1.807) is 31.2 Å². The van der Waals surface area contributed by atoms with E-state index in [0.717, 1.165) is 0 Å². The maximum Gasteiger partial charge on any atom is 0.338 e. The number of rotatable bonds is 8. The second-order valence-corrected chi connectivity index (χ2v) is 4.37. The van der Waals surface area contributed by atoms with Gasteiger partial charge in [0.2, 0.25) is 0 Å². The Bertz CT molecular complexity index is 396. The van der Waals surface area contributed by atoms with Crippen molar-refractivity contribution in [2.24, 2.45) is 0 Å². The van der Waals surface area contributed by atoms with Crippen LogP contribution in [0.4, 0.5) is 0 Å². The van der Waals surface area contributed by atoms with Crippen molar-refractivity contribution in [3.05, 3.63) is 35.9 Å². The maximum absolute atomic E-state index is 11.7. The molecule has 5 nitrogen and oxygen atoms in total. The number of hydrogen-bond acceptors (Lipinski definition) is 5. The van der Waals surface area contributed by atoms with Crippen molar-refractivity contribution < 1.29 is 24.1 Å². The van der Waals surface area contributed by atoms with Crippen molar-refractivity contribution in [3.63, 3.8) is 0 Å². The fourth-order valence-corrected chi connectivity index (χ4v) is 1.54. The third-order valence-electron chi connectivity index (χ3n) is 2.61. The lowest BCUT2D eigenvalue weighted by molar-refractivity contribution is -0.0878. The Morgan fingerprint density at radius 3 is 2.50 bits per heavy atom. The molecule has 3 atom stereocenters. The van der Waals surface area contributed by atoms with E-state index in [1.807, 2.05) is 6.07 Å². The van der Waals surface area contributed by atoms with Gasteiger partial charge in [-0.05, 0) is 19.1 Å². The first-order valence-electron chi connectivity index (χ1n) is 6.34. The van der Waals surface area contributed by atoms with E-state index in [2.05, 4.69) is 0 Å². The standard InChI is InChI=1S/C14H19BO5/c1-10(16)12(8-18-2)20-13(15)9-19-14(17)11-6-4-3-5-7-11/h3-7,10,12-13,16H,8-9H2,1-2H3/t10-,12-,13?/m1/s1. The minimum atomic E-state index is -0.822. The molecular weight excluding hydrogens is 259 g/mol. The Balaban J connectivity index is 2.39. The van der Waals surface area contributed by atoms with Crippen LogP contribution in [0.25, 0.3) is 0 Å². The van der Waals surface area contributed by atoms with Crippen LogP contribution in [0.5, 0.6) is 0 Å². The van der Waals surface area contributed by atoms with Crippen LogP contribution in [0.3, 0.4) is 0 Å². The first-order chi connectivity index (χ1) is 9.54. The number of esters is 1. The third kappa shape index (κ3) is 5.73. The van der Waals surface area contributed by atoms with Gasteiger partial charge in [0.1, 0.15) is 20.6 Å². The normalized spacial score (nSPS) is 15.3. The van der Waals surface area contributed by atoms with Gasteiger partial charge in [-0.3, -0.25) is 0 Å². The highest BCUT2D eigenvalue weighted by molar-refractivity contribution is 6.11. The Labute approximate surface area is 120 Å². The molecule has 0 heterocycles. The summed E-state index contributed by atoms with van der Waals surface area (Å²) in [4.78, 5) is 11.7. The molecule has 0 aliphatic carbocycles. The summed E-state index contributed by atoms with van der Waals surface area (Å²) in [5.74, 6) is -0.468. The van der Waals surface area contributed by atoms with Crippen LogP contribution in [0.1, 0.15) is 17.3 Å². The quantitative estimate of drug-likeness (QED) is 0.561. The molecule has 20 heavy (non-hydrogen) atoms. The van der Waals surface area contributed by atoms with Gasteiger partial charge in [-0.2, -0.15) is 0 Å². The summed E-state index contributed by atoms with van der Waals surface area (Å²) in [6.07, 6.45) is -1.30. The summed E-state index contributed by atoms with van der Waals surface area (Å²) in [5.41, 5.74) is 0.448. The van der Waals surface area contributed by atoms with Crippen LogP contribution >= 0.6 is 0 Å². The van der Waals surface area contributed by atoms with Crippen molar-refractivity contribution >= 4 is 13.8 Å². The molecule has 0 saturated heterocycles. The van der Waals surface area contributed by atoms with E-state index in [9.17, 15) is 9.90 Å². The summed E-state index contributed by atoms with van der Waals surface area (Å²) in [7, 11) is 7.20. The fraction of sp³-hybridized carbons (Fsp3) is 0.500. The van der Waals surface area contributed by atoms with E-state index in [1.165, 1.54) is 7.11 Å². The summed E-state index contributed by atoms with van der Waals surface area (Å²) < 4.78 is 15.3. The maximum atomic E-state index is 11.7. The first kappa shape index (κ1) is 16.7. The van der Waals surface area contributed by atoms with E-state index in [-0.39, 0.29) is 13.2 Å². The number of benzene rings is 1. The van der Waals surface area contributed by atoms with Gasteiger partial charge in [-0.1, -0.05) is 18.2 Å². The molecule has 1 rings (SSSR count). The van der Waals surface area contributed by atoms with Gasteiger partial charge in [0.25, 0.3) is 0 Å². The average molecular weight is 278 g/mol. The molecule has 108 valence electrons. The minimum absolute atomic E-state index is 0.0966. The predicted molar refractivity (Wildman–Crippen MR) is 74.7 cm³/mol. The number of aliphatic hydroxyl groups excluding tert-OH is 1. The van der Waals surface area contributed by atoms with Crippen LogP contribution in [-0.2, 0) is 14.2 Å². The molecule has 1 N–H and O–H groups in total. The Kier molecular flexibility index (Phi) is 7.29. The highest BCUT2D eigenvalue weighted by atomic mass is 16.6. The fourth-order valence-electron chi connectivity index (χ4n) is 1.54. The predicted octanol–water partition coefficient (Wildman–Crippen LogP) is 0.750. The van der Waals surface area contributed by atoms with Crippen molar-refractivity contribution in [2.45, 2.75) is 25.1 Å². The van der Waals surface area contributed by atoms with Crippen LogP contribution < -0.4 is 0 Å². The van der Waals surface area contributed by atoms with Crippen molar-refractivity contribution in [2.75, 3.05) is 20.3 Å². The number of carbonyl (C=O) groups is 1. The lowest BCUT2D eigenvalue weighted by Gasteiger charge is -2.24. The Morgan fingerprint density at radius 2 is 1.95 bits per heavy atom. The molecule has 0 aromatic heterocycles. The highest BCUT2D eigenvalue weighted by Gasteiger charge is 2.19. The number of methoxy groups -OCH3 is 1. The molecule has 1 aromatic rings. The van der Waals surface area contributed by atoms with Crippen LogP contribution in [0, 0.1) is 0 Å². The van der Waals surface area contributed by atoms with Crippen molar-refractivity contribution in [1.29, 1.82) is 0 Å². The van der Waals surface area contributed by atoms with E-state index < -0.39 is 24.2 Å². The molecule has 0 fully saturated rings. The molecule has 2 radical (unpaired) electrons. The summed E-state index contributed by atoms with van der Waals surface area (Å²) >= 11 is 0. The summed E-state index contributed by atoms with van der Waals surface area (Å²) in [6.45, 7) is 1.69. The molecule has 0 saturated carbocycles. The number of aliphatic hydroxyl groups is 1. The molecule has 1 aromatic carbocycles. The Morgan fingerprint density at radius 1 is 1.30 bits per heavy atom. The second kappa shape index (κ2) is 8.74. The SMILES string of the molecule is [B]C(COC(=O)c1ccccc1)O[C@H](COC)[C@@H](C)O. The molecule has 6 heteroatoms. The zero-order chi connectivity index (χ0) is 15.0. The molecule has 0 spiro atoms. The van der Waals surface area contributed by atoms with Gasteiger partial charge in [-0.15, -0.1) is 0 Å². The van der Waals surface area contributed by atoms with E-state index >= 15 is 0 Å². The zero-order valence-electron chi connectivity index (χ0n) is 11.7. The largest absolute Gasteiger partial charge is 0.460 e. The van der Waals surface area contributed by atoms with Crippen molar-refractivity contribution in [1.82, 2.24) is 0 Å². The van der Waals surface area contributed by atoms with Gasteiger partial charge >= 0.3 is 5.97 Å². The average Bonchev–Trinajstić information content (AvgIpc) is 2.45. The van der Waals surface area contributed by atoms with Crippen LogP contribution in [0.2, 0.25) is 0 Å². The number of carbonyl (C=O) groups excluding carboxylic acids is 1. The molecule has 0 bridgehead atoms. The van der Waals surface area contributed by atoms with Crippen LogP contribution in [0.15, 0.2) is 30.3 Å². The molecule has 0 aliphatic rings. The van der Waals surface area contributed by atoms with Crippen LogP contribution in [-0.4, -0.2) is 57.5 Å². The molecule has 1 unspecified atom stereocenters. The summed E-state index contributed by atoms with van der Waals surface area (Å²) in [5, 5.41) is 9.48. The third-order valence-corrected chi connectivity index (χ3v) is 2.61. The van der Waals surface area contributed by atoms with Crippen molar-refractivity contribution in [3.8, 4) is 0 Å². The first-order valence-corrected chi connectivity index (χ1v) is 6.34. The van der Waals surface area contributed by atoms with E-state index in [0.29, 0.717) is 5.56 Å². The monoisotopic (exact) mass is 278 g/mol. The summed E-state index contributed by atoms with van der Waals surface area (Å²) in [6, 6.07) is 7.78. The molecule has 0 amide bonds. The number of ether oxygens (including phenoxy) is 3. The lowest BCUT2D eigenvalue weighted by atomic mass is 10.0. The Hall–Kier alpha value is -1.37. The van der Waals surface area contributed by atoms with Gasteiger partial charge in [-0.25, -0.2) is 4.79 Å². The zero-order valence-corrected chi connectivity index (χ0v) is 11.7. The van der Waals surface area contributed by atoms with Gasteiger partial charge < -0.3 is 19.3 Å². The topological polar surface area (TPSA) is 65.0 Å². The van der Waals surface area contributed by atoms with Gasteiger partial charge in [0.15, 0.2) is 0 Å². The smallest absolute Gasteiger partial charge is 0.338 e. The van der Waals surface area contributed by atoms with Gasteiger partial charge in [0, 0.05) is 7.11 Å². The minimum Gasteiger partial charge on any atom is -0.460 e.